The van der Waals surface area contributed by atoms with Gasteiger partial charge in [0.1, 0.15) is 12.2 Å². The number of hydrogen-bond acceptors (Lipinski definition) is 4. The van der Waals surface area contributed by atoms with Crippen LogP contribution in [0.2, 0.25) is 0 Å². The summed E-state index contributed by atoms with van der Waals surface area (Å²) in [6, 6.07) is 4.66. The monoisotopic (exact) mass is 571 g/mol. The summed E-state index contributed by atoms with van der Waals surface area (Å²) in [5.41, 5.74) is 6.33. The van der Waals surface area contributed by atoms with Crippen LogP contribution >= 0.6 is 0 Å². The molecule has 4 N–H and O–H groups in total. The highest BCUT2D eigenvalue weighted by Gasteiger charge is 2.70. The molecule has 3 saturated carbocycles. The topological polar surface area (TPSA) is 85.7 Å². The molecule has 0 bridgehead atoms. The number of ether oxygens (including phenoxy) is 1. The van der Waals surface area contributed by atoms with Gasteiger partial charge in [0.25, 0.3) is 0 Å². The Balaban J connectivity index is 1.29. The number of hydrogen-bond donors (Lipinski definition) is 4. The van der Waals surface area contributed by atoms with Crippen LogP contribution in [0.3, 0.4) is 0 Å². The Hall–Kier alpha value is -1.92. The molecular formula is C37H49NO4. The largest absolute Gasteiger partial charge is 0.390 e. The minimum absolute atomic E-state index is 0.0932. The summed E-state index contributed by atoms with van der Waals surface area (Å²) in [5, 5.41) is 36.4. The van der Waals surface area contributed by atoms with E-state index < -0.39 is 28.8 Å². The predicted octanol–water partition coefficient (Wildman–Crippen LogP) is 6.34. The number of rotatable bonds is 2. The summed E-state index contributed by atoms with van der Waals surface area (Å²) in [5.74, 6) is 1.65. The molecule has 0 radical (unpaired) electrons. The van der Waals surface area contributed by atoms with Crippen molar-refractivity contribution in [2.45, 2.75) is 133 Å². The molecule has 8 rings (SSSR count). The summed E-state index contributed by atoms with van der Waals surface area (Å²) in [4.78, 5) is 3.98. The van der Waals surface area contributed by atoms with Gasteiger partial charge in [0.2, 0.25) is 0 Å². The summed E-state index contributed by atoms with van der Waals surface area (Å²) in [7, 11) is 0. The predicted molar refractivity (Wildman–Crippen MR) is 166 cm³/mol. The second-order valence-electron chi connectivity index (χ2n) is 16.7. The first-order valence-corrected chi connectivity index (χ1v) is 16.4. The van der Waals surface area contributed by atoms with Crippen molar-refractivity contribution < 1.29 is 20.1 Å². The molecule has 0 saturated heterocycles. The lowest BCUT2D eigenvalue weighted by atomic mass is 9.42. The lowest BCUT2D eigenvalue weighted by molar-refractivity contribution is -0.185. The van der Waals surface area contributed by atoms with Gasteiger partial charge in [-0.05, 0) is 128 Å². The molecular weight excluding hydrogens is 522 g/mol. The van der Waals surface area contributed by atoms with Crippen LogP contribution in [-0.2, 0) is 22.0 Å². The second-order valence-corrected chi connectivity index (χ2v) is 16.7. The number of aliphatic hydroxyl groups excluding tert-OH is 1. The van der Waals surface area contributed by atoms with E-state index in [0.717, 1.165) is 43.3 Å². The third-order valence-corrected chi connectivity index (χ3v) is 14.2. The van der Waals surface area contributed by atoms with Gasteiger partial charge in [-0.2, -0.15) is 0 Å². The highest BCUT2D eigenvalue weighted by atomic mass is 16.5. The Morgan fingerprint density at radius 1 is 1.12 bits per heavy atom. The van der Waals surface area contributed by atoms with Crippen LogP contribution in [0.1, 0.15) is 109 Å². The number of benzene rings is 1. The Morgan fingerprint density at radius 3 is 2.55 bits per heavy atom. The Labute approximate surface area is 250 Å². The van der Waals surface area contributed by atoms with Crippen LogP contribution in [0.4, 0.5) is 0 Å². The van der Waals surface area contributed by atoms with Crippen LogP contribution in [0.15, 0.2) is 35.9 Å². The lowest BCUT2D eigenvalue weighted by Crippen LogP contribution is -2.67. The van der Waals surface area contributed by atoms with E-state index in [9.17, 15) is 15.3 Å². The molecule has 1 aromatic heterocycles. The van der Waals surface area contributed by atoms with Crippen molar-refractivity contribution >= 4 is 10.9 Å². The minimum atomic E-state index is -1.05. The first-order valence-electron chi connectivity index (χ1n) is 16.4. The van der Waals surface area contributed by atoms with Gasteiger partial charge in [0.05, 0.1) is 17.3 Å². The van der Waals surface area contributed by atoms with Gasteiger partial charge in [-0.25, -0.2) is 0 Å². The van der Waals surface area contributed by atoms with E-state index in [-0.39, 0.29) is 22.9 Å². The first-order chi connectivity index (χ1) is 19.6. The maximum Gasteiger partial charge on any atom is 0.108 e. The molecule has 42 heavy (non-hydrogen) atoms. The van der Waals surface area contributed by atoms with Crippen molar-refractivity contribution in [1.29, 1.82) is 0 Å². The average Bonchev–Trinajstić information content (AvgIpc) is 3.43. The first kappa shape index (κ1) is 27.6. The van der Waals surface area contributed by atoms with Crippen molar-refractivity contribution in [2.75, 3.05) is 0 Å². The average molecular weight is 572 g/mol. The number of nitrogens with one attached hydrogen (secondary N) is 1. The zero-order chi connectivity index (χ0) is 29.9. The number of fused-ring (bicyclic) bond motifs is 13. The fourth-order valence-electron chi connectivity index (χ4n) is 11.6. The molecule has 5 unspecified atom stereocenters. The molecule has 3 fully saturated rings. The van der Waals surface area contributed by atoms with E-state index in [1.54, 1.807) is 0 Å². The van der Waals surface area contributed by atoms with Crippen LogP contribution in [0.5, 0.6) is 0 Å². The number of aromatic amines is 1. The molecule has 1 aromatic carbocycles. The summed E-state index contributed by atoms with van der Waals surface area (Å²) >= 11 is 0. The van der Waals surface area contributed by atoms with Crippen molar-refractivity contribution in [1.82, 2.24) is 4.98 Å². The number of aromatic nitrogens is 1. The number of H-pyrrole nitrogens is 1. The van der Waals surface area contributed by atoms with E-state index in [1.807, 2.05) is 26.8 Å². The van der Waals surface area contributed by atoms with Gasteiger partial charge in [0.15, 0.2) is 0 Å². The molecule has 10 atom stereocenters. The van der Waals surface area contributed by atoms with Crippen LogP contribution < -0.4 is 0 Å². The Kier molecular flexibility index (Phi) is 5.27. The molecule has 0 spiro atoms. The molecule has 0 amide bonds. The molecule has 226 valence electrons. The van der Waals surface area contributed by atoms with E-state index in [2.05, 4.69) is 51.4 Å². The highest BCUT2D eigenvalue weighted by Crippen LogP contribution is 2.71. The summed E-state index contributed by atoms with van der Waals surface area (Å²) in [6.07, 6.45) is 5.96. The van der Waals surface area contributed by atoms with E-state index in [0.29, 0.717) is 24.2 Å². The summed E-state index contributed by atoms with van der Waals surface area (Å²) in [6.45, 7) is 19.5. The summed E-state index contributed by atoms with van der Waals surface area (Å²) < 4.78 is 6.41. The van der Waals surface area contributed by atoms with Crippen molar-refractivity contribution in [3.05, 3.63) is 58.3 Å². The quantitative estimate of drug-likeness (QED) is 0.317. The molecule has 5 nitrogen and oxygen atoms in total. The van der Waals surface area contributed by atoms with Crippen LogP contribution in [-0.4, -0.2) is 49.8 Å². The number of aliphatic hydroxyl groups is 3. The maximum atomic E-state index is 12.8. The van der Waals surface area contributed by atoms with Crippen LogP contribution in [0.25, 0.3) is 10.9 Å². The van der Waals surface area contributed by atoms with Crippen molar-refractivity contribution in [3.63, 3.8) is 0 Å². The zero-order valence-electron chi connectivity index (χ0n) is 26.5. The van der Waals surface area contributed by atoms with E-state index >= 15 is 0 Å². The normalized spacial score (nSPS) is 44.7. The highest BCUT2D eigenvalue weighted by molar-refractivity contribution is 5.92. The van der Waals surface area contributed by atoms with E-state index in [4.69, 9.17) is 4.74 Å². The van der Waals surface area contributed by atoms with E-state index in [1.165, 1.54) is 33.3 Å². The molecule has 5 aliphatic carbocycles. The molecule has 2 aromatic rings. The van der Waals surface area contributed by atoms with Gasteiger partial charge in [-0.3, -0.25) is 0 Å². The van der Waals surface area contributed by atoms with Gasteiger partial charge in [-0.1, -0.05) is 40.3 Å². The van der Waals surface area contributed by atoms with Gasteiger partial charge in [-0.15, -0.1) is 0 Å². The smallest absolute Gasteiger partial charge is 0.108 e. The molecule has 5 heteroatoms. The molecule has 6 aliphatic rings. The SMILES string of the molecule is C=C(C)[C@H]1OC2CC[C@@]3(C)[C@@](O)(CC[C@H]4Cc5c([nH]c6ccc7c(c56)C5C(C(C)(C)O)CC5C7(C)C)[C@@]43C)C2=CC1O. The third-order valence-electron chi connectivity index (χ3n) is 14.2. The lowest BCUT2D eigenvalue weighted by Gasteiger charge is -2.65. The van der Waals surface area contributed by atoms with Gasteiger partial charge < -0.3 is 25.0 Å². The van der Waals surface area contributed by atoms with Gasteiger partial charge in [0, 0.05) is 27.4 Å². The van der Waals surface area contributed by atoms with Gasteiger partial charge >= 0.3 is 0 Å². The maximum absolute atomic E-state index is 12.8. The standard InChI is InChI=1S/C37H49NO4/c1-18(2)31-26(39)17-22-27(42-31)12-13-35(7)36(8)19(11-14-37(22,35)41)15-20-28-25(38-32(20)36)10-9-21-30(28)29-23(33(21,3)4)16-24(29)34(5,6)40/h9-10,17,19,23-24,26-27,29,31,38-41H,1,11-16H2,2-8H3/t19-,23?,24?,26?,27?,29?,31+,35+,36+,37+/m0/s1. The Morgan fingerprint density at radius 2 is 1.86 bits per heavy atom. The fraction of sp³-hybridized carbons (Fsp3) is 0.676. The fourth-order valence-corrected chi connectivity index (χ4v) is 11.6. The van der Waals surface area contributed by atoms with Crippen molar-refractivity contribution in [2.24, 2.45) is 23.2 Å². The van der Waals surface area contributed by atoms with Crippen molar-refractivity contribution in [3.8, 4) is 0 Å². The third kappa shape index (κ3) is 2.96. The van der Waals surface area contributed by atoms with Crippen LogP contribution in [0, 0.1) is 23.2 Å². The Bertz CT molecular complexity index is 1570. The molecule has 2 heterocycles. The second kappa shape index (κ2) is 8.02. The molecule has 1 aliphatic heterocycles. The minimum Gasteiger partial charge on any atom is -0.390 e. The zero-order valence-corrected chi connectivity index (χ0v) is 26.5.